The maximum absolute atomic E-state index is 14.2. The number of rotatable bonds is 7. The van der Waals surface area contributed by atoms with Crippen molar-refractivity contribution in [2.75, 3.05) is 13.1 Å². The lowest BCUT2D eigenvalue weighted by molar-refractivity contribution is -0.142. The van der Waals surface area contributed by atoms with E-state index in [1.54, 1.807) is 48.5 Å². The molecular formula is C38H38N2O7. The number of imide groups is 2. The van der Waals surface area contributed by atoms with Crippen molar-refractivity contribution in [3.8, 4) is 17.2 Å². The summed E-state index contributed by atoms with van der Waals surface area (Å²) in [6.45, 7) is 4.05. The average Bonchev–Trinajstić information content (AvgIpc) is 3.45. The summed E-state index contributed by atoms with van der Waals surface area (Å²) in [7, 11) is 0. The largest absolute Gasteiger partial charge is 0.508 e. The van der Waals surface area contributed by atoms with Crippen molar-refractivity contribution < 1.29 is 34.5 Å². The van der Waals surface area contributed by atoms with E-state index in [1.165, 1.54) is 9.80 Å². The highest BCUT2D eigenvalue weighted by atomic mass is 16.3. The Hall–Kier alpha value is -4.92. The number of phenols is 3. The zero-order valence-corrected chi connectivity index (χ0v) is 26.4. The number of phenolic OH excluding ortho intramolecular Hbond substituents is 3. The van der Waals surface area contributed by atoms with Crippen molar-refractivity contribution in [2.45, 2.75) is 45.4 Å². The molecule has 47 heavy (non-hydrogen) atoms. The zero-order valence-electron chi connectivity index (χ0n) is 26.4. The Kier molecular flexibility index (Phi) is 7.65. The maximum Gasteiger partial charge on any atom is 0.234 e. The Morgan fingerprint density at radius 2 is 1.13 bits per heavy atom. The molecule has 0 spiro atoms. The number of likely N-dealkylation sites (tertiary alicyclic amines) is 2. The van der Waals surface area contributed by atoms with Gasteiger partial charge >= 0.3 is 0 Å². The summed E-state index contributed by atoms with van der Waals surface area (Å²) in [6.07, 6.45) is 3.64. The van der Waals surface area contributed by atoms with Crippen LogP contribution in [0.4, 0.5) is 0 Å². The first-order valence-electron chi connectivity index (χ1n) is 16.3. The van der Waals surface area contributed by atoms with Gasteiger partial charge in [0.05, 0.1) is 23.7 Å². The molecule has 0 radical (unpaired) electrons. The van der Waals surface area contributed by atoms with Gasteiger partial charge in [0.15, 0.2) is 0 Å². The molecule has 2 saturated heterocycles. The predicted molar refractivity (Wildman–Crippen MR) is 172 cm³/mol. The molecule has 9 heteroatoms. The Morgan fingerprint density at radius 3 is 1.66 bits per heavy atom. The number of benzene rings is 3. The highest BCUT2D eigenvalue weighted by molar-refractivity contribution is 6.08. The topological polar surface area (TPSA) is 135 Å². The third-order valence-electron chi connectivity index (χ3n) is 10.8. The van der Waals surface area contributed by atoms with Gasteiger partial charge in [-0.2, -0.15) is 0 Å². The monoisotopic (exact) mass is 634 g/mol. The molecule has 3 N–H and O–H groups in total. The molecule has 242 valence electrons. The number of carbonyl (C=O) groups is 4. The summed E-state index contributed by atoms with van der Waals surface area (Å²) in [4.78, 5) is 58.8. The summed E-state index contributed by atoms with van der Waals surface area (Å²) in [6, 6.07) is 17.2. The molecule has 7 rings (SSSR count). The number of allylic oxidation sites excluding steroid dienone is 2. The number of hydrogen-bond donors (Lipinski definition) is 3. The molecular weight excluding hydrogens is 596 g/mol. The summed E-state index contributed by atoms with van der Waals surface area (Å²) in [5.41, 5.74) is 4.88. The standard InChI is InChI=1S/C38H38N2O7/c1-20-17-24(18-21(2)34(20)43)31-27-11-12-28-32(37(46)39(35(28)44)15-13-22-3-7-25(41)8-4-22)29(27)19-30-33(31)38(47)40(36(30)45)16-14-23-5-9-26(42)10-6-23/h3-11,17-18,28-33,41-43H,12-16,19H2,1-2H3/t28-,29+,30+,31-,32-,33+/m0/s1. The van der Waals surface area contributed by atoms with Gasteiger partial charge in [-0.25, -0.2) is 0 Å². The van der Waals surface area contributed by atoms with E-state index in [-0.39, 0.29) is 59.9 Å². The van der Waals surface area contributed by atoms with E-state index < -0.39 is 29.6 Å². The lowest BCUT2D eigenvalue weighted by atomic mass is 9.57. The molecule has 4 aliphatic rings. The fourth-order valence-electron chi connectivity index (χ4n) is 8.51. The molecule has 9 nitrogen and oxygen atoms in total. The second-order valence-electron chi connectivity index (χ2n) is 13.5. The van der Waals surface area contributed by atoms with Crippen LogP contribution in [0.3, 0.4) is 0 Å². The molecule has 3 aromatic rings. The number of aryl methyl sites for hydroxylation is 2. The van der Waals surface area contributed by atoms with Gasteiger partial charge in [-0.1, -0.05) is 48.0 Å². The quantitative estimate of drug-likeness (QED) is 0.257. The first-order chi connectivity index (χ1) is 22.5. The minimum atomic E-state index is -0.650. The zero-order chi connectivity index (χ0) is 33.1. The minimum Gasteiger partial charge on any atom is -0.508 e. The van der Waals surface area contributed by atoms with E-state index in [9.17, 15) is 34.5 Å². The van der Waals surface area contributed by atoms with Crippen LogP contribution in [0, 0.1) is 43.4 Å². The first-order valence-corrected chi connectivity index (χ1v) is 16.3. The molecule has 0 aromatic heterocycles. The average molecular weight is 635 g/mol. The van der Waals surface area contributed by atoms with E-state index in [0.717, 1.165) is 22.3 Å². The molecule has 3 fully saturated rings. The second-order valence-corrected chi connectivity index (χ2v) is 13.5. The van der Waals surface area contributed by atoms with Crippen molar-refractivity contribution in [3.63, 3.8) is 0 Å². The van der Waals surface area contributed by atoms with Crippen molar-refractivity contribution in [1.29, 1.82) is 0 Å². The molecule has 6 atom stereocenters. The van der Waals surface area contributed by atoms with Gasteiger partial charge < -0.3 is 15.3 Å². The van der Waals surface area contributed by atoms with E-state index >= 15 is 0 Å². The normalized spacial score (nSPS) is 26.7. The highest BCUT2D eigenvalue weighted by Gasteiger charge is 2.61. The SMILES string of the molecule is Cc1cc([C@H]2C3=CC[C@@H]4C(=O)N(CCc5ccc(O)cc5)C(=O)[C@@H]4[C@@H]3C[C@H]3C(=O)N(CCc4ccc(O)cc4)C(=O)[C@@H]23)cc(C)c1O. The molecule has 4 amide bonds. The van der Waals surface area contributed by atoms with Gasteiger partial charge in [-0.3, -0.25) is 29.0 Å². The molecule has 3 aromatic carbocycles. The predicted octanol–water partition coefficient (Wildman–Crippen LogP) is 4.54. The fourth-order valence-corrected chi connectivity index (χ4v) is 8.51. The third kappa shape index (κ3) is 5.18. The third-order valence-corrected chi connectivity index (χ3v) is 10.8. The van der Waals surface area contributed by atoms with E-state index in [1.807, 2.05) is 32.1 Å². The van der Waals surface area contributed by atoms with Crippen molar-refractivity contribution >= 4 is 23.6 Å². The van der Waals surface area contributed by atoms with E-state index in [2.05, 4.69) is 0 Å². The summed E-state index contributed by atoms with van der Waals surface area (Å²) in [5, 5.41) is 29.9. The van der Waals surface area contributed by atoms with Crippen LogP contribution in [0.5, 0.6) is 17.2 Å². The van der Waals surface area contributed by atoms with Crippen LogP contribution in [-0.4, -0.2) is 61.8 Å². The van der Waals surface area contributed by atoms with Gasteiger partial charge in [0.25, 0.3) is 0 Å². The van der Waals surface area contributed by atoms with Crippen molar-refractivity contribution in [2.24, 2.45) is 29.6 Å². The van der Waals surface area contributed by atoms with Crippen LogP contribution in [-0.2, 0) is 32.0 Å². The van der Waals surface area contributed by atoms with Crippen LogP contribution < -0.4 is 0 Å². The van der Waals surface area contributed by atoms with Gasteiger partial charge in [-0.15, -0.1) is 0 Å². The minimum absolute atomic E-state index is 0.142. The molecule has 1 saturated carbocycles. The lowest BCUT2D eigenvalue weighted by Gasteiger charge is -2.44. The lowest BCUT2D eigenvalue weighted by Crippen LogP contribution is -2.43. The number of carbonyl (C=O) groups excluding carboxylic acids is 4. The fraction of sp³-hybridized carbons (Fsp3) is 0.368. The van der Waals surface area contributed by atoms with Gasteiger partial charge in [0.1, 0.15) is 17.2 Å². The van der Waals surface area contributed by atoms with Crippen molar-refractivity contribution in [1.82, 2.24) is 9.80 Å². The van der Waals surface area contributed by atoms with Gasteiger partial charge in [0.2, 0.25) is 23.6 Å². The maximum atomic E-state index is 14.2. The number of aromatic hydroxyl groups is 3. The molecule has 0 bridgehead atoms. The molecule has 2 heterocycles. The smallest absolute Gasteiger partial charge is 0.234 e. The Labute approximate surface area is 273 Å². The van der Waals surface area contributed by atoms with E-state index in [0.29, 0.717) is 36.8 Å². The number of amides is 4. The Bertz CT molecular complexity index is 1790. The molecule has 2 aliphatic carbocycles. The van der Waals surface area contributed by atoms with Crippen LogP contribution in [0.25, 0.3) is 0 Å². The number of hydrogen-bond acceptors (Lipinski definition) is 7. The summed E-state index contributed by atoms with van der Waals surface area (Å²) in [5.74, 6) is -3.72. The summed E-state index contributed by atoms with van der Waals surface area (Å²) >= 11 is 0. The second kappa shape index (κ2) is 11.7. The number of fused-ring (bicyclic) bond motifs is 4. The molecule has 0 unspecified atom stereocenters. The Morgan fingerprint density at radius 1 is 0.638 bits per heavy atom. The number of nitrogens with zero attached hydrogens (tertiary/aromatic N) is 2. The molecule has 2 aliphatic heterocycles. The highest BCUT2D eigenvalue weighted by Crippen LogP contribution is 2.58. The summed E-state index contributed by atoms with van der Waals surface area (Å²) < 4.78 is 0. The van der Waals surface area contributed by atoms with Crippen molar-refractivity contribution in [3.05, 3.63) is 100 Å². The van der Waals surface area contributed by atoms with Gasteiger partial charge in [-0.05, 0) is 97.5 Å². The van der Waals surface area contributed by atoms with Crippen LogP contribution in [0.2, 0.25) is 0 Å². The van der Waals surface area contributed by atoms with Crippen LogP contribution in [0.1, 0.15) is 46.6 Å². The van der Waals surface area contributed by atoms with E-state index in [4.69, 9.17) is 0 Å². The van der Waals surface area contributed by atoms with Gasteiger partial charge in [0, 0.05) is 19.0 Å². The first kappa shape index (κ1) is 30.7. The van der Waals surface area contributed by atoms with Crippen LogP contribution in [0.15, 0.2) is 72.3 Å². The van der Waals surface area contributed by atoms with Crippen LogP contribution >= 0.6 is 0 Å². The Balaban J connectivity index is 1.22.